The lowest BCUT2D eigenvalue weighted by Gasteiger charge is -2.26. The third-order valence-electron chi connectivity index (χ3n) is 5.28. The zero-order chi connectivity index (χ0) is 22.3. The van der Waals surface area contributed by atoms with E-state index in [1.165, 1.54) is 0 Å². The fourth-order valence-corrected chi connectivity index (χ4v) is 3.64. The second-order valence-electron chi connectivity index (χ2n) is 7.64. The largest absolute Gasteiger partial charge is 0.337 e. The van der Waals surface area contributed by atoms with Crippen molar-refractivity contribution >= 4 is 5.91 Å². The Morgan fingerprint density at radius 2 is 1.56 bits per heavy atom. The van der Waals surface area contributed by atoms with Crippen molar-refractivity contribution in [3.63, 3.8) is 0 Å². The smallest absolute Gasteiger partial charge is 0.246 e. The van der Waals surface area contributed by atoms with Gasteiger partial charge in [-0.2, -0.15) is 4.98 Å². The first-order valence-corrected chi connectivity index (χ1v) is 10.5. The van der Waals surface area contributed by atoms with Crippen LogP contribution in [-0.4, -0.2) is 27.5 Å². The van der Waals surface area contributed by atoms with Crippen molar-refractivity contribution in [3.05, 3.63) is 120 Å². The third kappa shape index (κ3) is 4.83. The van der Waals surface area contributed by atoms with Crippen LogP contribution in [-0.2, 0) is 11.3 Å². The Morgan fingerprint density at radius 1 is 0.969 bits per heavy atom. The van der Waals surface area contributed by atoms with E-state index in [2.05, 4.69) is 16.7 Å². The van der Waals surface area contributed by atoms with Crippen molar-refractivity contribution in [2.45, 2.75) is 19.4 Å². The molecule has 0 spiro atoms. The summed E-state index contributed by atoms with van der Waals surface area (Å²) >= 11 is 0. The number of hydrogen-bond donors (Lipinski definition) is 0. The number of aromatic nitrogens is 2. The summed E-state index contributed by atoms with van der Waals surface area (Å²) in [5.74, 6) is 0.415. The molecule has 0 unspecified atom stereocenters. The molecule has 1 aromatic heterocycles. The highest BCUT2D eigenvalue weighted by Gasteiger charge is 2.28. The zero-order valence-corrected chi connectivity index (χ0v) is 18.0. The maximum atomic E-state index is 13.7. The van der Waals surface area contributed by atoms with E-state index in [1.807, 2.05) is 91.9 Å². The minimum absolute atomic E-state index is 0.0441. The van der Waals surface area contributed by atoms with Crippen LogP contribution in [0.25, 0.3) is 11.4 Å². The van der Waals surface area contributed by atoms with Gasteiger partial charge in [-0.15, -0.1) is 6.58 Å². The molecular formula is C27H25N3O2. The monoisotopic (exact) mass is 423 g/mol. The van der Waals surface area contributed by atoms with Gasteiger partial charge in [0, 0.05) is 12.1 Å². The van der Waals surface area contributed by atoms with E-state index in [0.717, 1.165) is 22.3 Å². The Morgan fingerprint density at radius 3 is 2.12 bits per heavy atom. The molecule has 0 aliphatic carbocycles. The van der Waals surface area contributed by atoms with Gasteiger partial charge in [0.1, 0.15) is 6.54 Å². The number of carbonyl (C=O) groups excluding carboxylic acids is 1. The molecule has 0 radical (unpaired) electrons. The van der Waals surface area contributed by atoms with E-state index < -0.39 is 5.92 Å². The van der Waals surface area contributed by atoms with Crippen LogP contribution in [0.4, 0.5) is 0 Å². The van der Waals surface area contributed by atoms with Crippen molar-refractivity contribution in [2.24, 2.45) is 0 Å². The molecule has 160 valence electrons. The predicted octanol–water partition coefficient (Wildman–Crippen LogP) is 5.39. The first-order valence-electron chi connectivity index (χ1n) is 10.5. The molecule has 3 aromatic carbocycles. The molecule has 32 heavy (non-hydrogen) atoms. The van der Waals surface area contributed by atoms with Gasteiger partial charge in [-0.05, 0) is 18.1 Å². The number of hydrogen-bond acceptors (Lipinski definition) is 4. The Hall–Kier alpha value is -3.99. The quantitative estimate of drug-likeness (QED) is 0.357. The minimum atomic E-state index is -0.433. The number of carbonyl (C=O) groups is 1. The van der Waals surface area contributed by atoms with E-state index >= 15 is 0 Å². The van der Waals surface area contributed by atoms with Gasteiger partial charge in [0.2, 0.25) is 17.6 Å². The Labute approximate surface area is 188 Å². The van der Waals surface area contributed by atoms with E-state index in [9.17, 15) is 4.79 Å². The summed E-state index contributed by atoms with van der Waals surface area (Å²) in [6.45, 7) is 6.44. The van der Waals surface area contributed by atoms with Crippen LogP contribution in [0, 0.1) is 6.92 Å². The average molecular weight is 424 g/mol. The Kier molecular flexibility index (Phi) is 6.56. The summed E-state index contributed by atoms with van der Waals surface area (Å²) in [5.41, 5.74) is 3.90. The second kappa shape index (κ2) is 9.88. The molecule has 1 amide bonds. The Balaban J connectivity index is 1.61. The zero-order valence-electron chi connectivity index (χ0n) is 18.0. The summed E-state index contributed by atoms with van der Waals surface area (Å²) in [4.78, 5) is 20.0. The minimum Gasteiger partial charge on any atom is -0.337 e. The topological polar surface area (TPSA) is 59.2 Å². The van der Waals surface area contributed by atoms with Crippen LogP contribution in [0.5, 0.6) is 0 Å². The van der Waals surface area contributed by atoms with E-state index in [4.69, 9.17) is 4.52 Å². The Bertz CT molecular complexity index is 1130. The van der Waals surface area contributed by atoms with Crippen LogP contribution < -0.4 is 0 Å². The number of benzene rings is 3. The molecule has 4 rings (SSSR count). The highest BCUT2D eigenvalue weighted by molar-refractivity contribution is 5.87. The molecule has 4 aromatic rings. The lowest BCUT2D eigenvalue weighted by molar-refractivity contribution is -0.132. The number of nitrogens with zero attached hydrogens (tertiary/aromatic N) is 3. The van der Waals surface area contributed by atoms with Crippen molar-refractivity contribution in [3.8, 4) is 11.4 Å². The molecule has 0 atom stereocenters. The fourth-order valence-electron chi connectivity index (χ4n) is 3.64. The summed E-state index contributed by atoms with van der Waals surface area (Å²) in [5, 5.41) is 4.10. The summed E-state index contributed by atoms with van der Waals surface area (Å²) in [6, 6.07) is 27.5. The second-order valence-corrected chi connectivity index (χ2v) is 7.64. The van der Waals surface area contributed by atoms with Crippen LogP contribution in [0.1, 0.15) is 28.5 Å². The first kappa shape index (κ1) is 21.2. The van der Waals surface area contributed by atoms with E-state index in [-0.39, 0.29) is 12.5 Å². The van der Waals surface area contributed by atoms with E-state index in [0.29, 0.717) is 18.3 Å². The highest BCUT2D eigenvalue weighted by Crippen LogP contribution is 2.27. The molecule has 0 aliphatic heterocycles. The van der Waals surface area contributed by atoms with E-state index in [1.54, 1.807) is 11.0 Å². The lowest BCUT2D eigenvalue weighted by atomic mass is 9.90. The SMILES string of the molecule is C=CCN(Cc1nc(-c2ccc(C)cc2)no1)C(=O)C(c1ccccc1)c1ccccc1. The van der Waals surface area contributed by atoms with Crippen molar-refractivity contribution in [2.75, 3.05) is 6.54 Å². The summed E-state index contributed by atoms with van der Waals surface area (Å²) in [7, 11) is 0. The maximum Gasteiger partial charge on any atom is 0.246 e. The van der Waals surface area contributed by atoms with Gasteiger partial charge in [0.05, 0.1) is 5.92 Å². The van der Waals surface area contributed by atoms with Crippen molar-refractivity contribution < 1.29 is 9.32 Å². The van der Waals surface area contributed by atoms with Crippen molar-refractivity contribution in [1.82, 2.24) is 15.0 Å². The molecule has 1 heterocycles. The number of rotatable bonds is 8. The van der Waals surface area contributed by atoms with Gasteiger partial charge in [0.25, 0.3) is 0 Å². The molecular weight excluding hydrogens is 398 g/mol. The molecule has 5 nitrogen and oxygen atoms in total. The lowest BCUT2D eigenvalue weighted by Crippen LogP contribution is -2.35. The van der Waals surface area contributed by atoms with Crippen LogP contribution in [0.15, 0.2) is 102 Å². The molecule has 5 heteroatoms. The normalized spacial score (nSPS) is 10.8. The maximum absolute atomic E-state index is 13.7. The molecule has 0 saturated heterocycles. The standard InChI is InChI=1S/C27H25N3O2/c1-3-18-30(19-24-28-26(29-32-24)23-16-14-20(2)15-17-23)27(31)25(21-10-6-4-7-11-21)22-12-8-5-9-13-22/h3-17,25H,1,18-19H2,2H3. The van der Waals surface area contributed by atoms with Crippen molar-refractivity contribution in [1.29, 1.82) is 0 Å². The van der Waals surface area contributed by atoms with Crippen LogP contribution in [0.3, 0.4) is 0 Å². The first-order chi connectivity index (χ1) is 15.7. The summed E-state index contributed by atoms with van der Waals surface area (Å²) < 4.78 is 5.48. The van der Waals surface area contributed by atoms with Crippen LogP contribution >= 0.6 is 0 Å². The van der Waals surface area contributed by atoms with Gasteiger partial charge in [-0.1, -0.05) is 102 Å². The number of aryl methyl sites for hydroxylation is 1. The molecule has 0 bridgehead atoms. The van der Waals surface area contributed by atoms with Gasteiger partial charge in [-0.25, -0.2) is 0 Å². The average Bonchev–Trinajstić information content (AvgIpc) is 3.29. The number of amides is 1. The third-order valence-corrected chi connectivity index (χ3v) is 5.28. The molecule has 0 saturated carbocycles. The molecule has 0 fully saturated rings. The molecule has 0 N–H and O–H groups in total. The fraction of sp³-hybridized carbons (Fsp3) is 0.148. The summed E-state index contributed by atoms with van der Waals surface area (Å²) in [6.07, 6.45) is 1.71. The highest BCUT2D eigenvalue weighted by atomic mass is 16.5. The van der Waals surface area contributed by atoms with Gasteiger partial charge in [0.15, 0.2) is 0 Å². The van der Waals surface area contributed by atoms with Gasteiger partial charge >= 0.3 is 0 Å². The van der Waals surface area contributed by atoms with Crippen LogP contribution in [0.2, 0.25) is 0 Å². The molecule has 0 aliphatic rings. The van der Waals surface area contributed by atoms with Gasteiger partial charge < -0.3 is 9.42 Å². The predicted molar refractivity (Wildman–Crippen MR) is 125 cm³/mol. The van der Waals surface area contributed by atoms with Gasteiger partial charge in [-0.3, -0.25) is 4.79 Å².